The van der Waals surface area contributed by atoms with E-state index in [0.29, 0.717) is 56.6 Å². The Labute approximate surface area is 148 Å². The number of carbonyl (C=O) groups is 2. The van der Waals surface area contributed by atoms with Gasteiger partial charge in [-0.05, 0) is 26.0 Å². The molecule has 0 aromatic heterocycles. The molecule has 0 unspecified atom stereocenters. The Bertz CT molecular complexity index is 598. The Morgan fingerprint density at radius 2 is 1.76 bits per heavy atom. The van der Waals surface area contributed by atoms with Crippen molar-refractivity contribution in [2.24, 2.45) is 0 Å². The van der Waals surface area contributed by atoms with E-state index in [2.05, 4.69) is 5.32 Å². The average Bonchev–Trinajstić information content (AvgIpc) is 2.58. The predicted molar refractivity (Wildman–Crippen MR) is 96.1 cm³/mol. The van der Waals surface area contributed by atoms with Gasteiger partial charge in [0.2, 0.25) is 11.8 Å². The highest BCUT2D eigenvalue weighted by Crippen LogP contribution is 2.29. The molecule has 1 aromatic rings. The highest BCUT2D eigenvalue weighted by atomic mass is 16.5. The summed E-state index contributed by atoms with van der Waals surface area (Å²) >= 11 is 0. The molecule has 0 saturated carbocycles. The van der Waals surface area contributed by atoms with E-state index in [9.17, 15) is 9.59 Å². The summed E-state index contributed by atoms with van der Waals surface area (Å²) in [5.74, 6) is 1.29. The molecule has 2 rings (SSSR count). The summed E-state index contributed by atoms with van der Waals surface area (Å²) in [4.78, 5) is 27.6. The smallest absolute Gasteiger partial charge is 0.238 e. The summed E-state index contributed by atoms with van der Waals surface area (Å²) < 4.78 is 11.1. The van der Waals surface area contributed by atoms with Crippen LogP contribution in [0.15, 0.2) is 18.2 Å². The number of hydrogen-bond donors (Lipinski definition) is 1. The van der Waals surface area contributed by atoms with Crippen molar-refractivity contribution in [2.45, 2.75) is 20.8 Å². The zero-order valence-electron chi connectivity index (χ0n) is 15.2. The number of amides is 2. The lowest BCUT2D eigenvalue weighted by Crippen LogP contribution is -2.49. The minimum Gasteiger partial charge on any atom is -0.494 e. The molecule has 1 fully saturated rings. The van der Waals surface area contributed by atoms with Gasteiger partial charge in [0.1, 0.15) is 11.5 Å². The van der Waals surface area contributed by atoms with Crippen LogP contribution in [0, 0.1) is 0 Å². The Kier molecular flexibility index (Phi) is 7.06. The minimum absolute atomic E-state index is 0.0817. The summed E-state index contributed by atoms with van der Waals surface area (Å²) in [6, 6.07) is 5.40. The number of nitrogens with zero attached hydrogens (tertiary/aromatic N) is 2. The molecule has 25 heavy (non-hydrogen) atoms. The van der Waals surface area contributed by atoms with Gasteiger partial charge >= 0.3 is 0 Å². The SMILES string of the molecule is CCOc1ccc(OCC)c(NC(=O)CN2CCN(C(C)=O)CC2)c1. The van der Waals surface area contributed by atoms with Gasteiger partial charge in [0.15, 0.2) is 0 Å². The molecular formula is C18H27N3O4. The Balaban J connectivity index is 1.95. The lowest BCUT2D eigenvalue weighted by molar-refractivity contribution is -0.130. The van der Waals surface area contributed by atoms with Crippen LogP contribution in [0.5, 0.6) is 11.5 Å². The number of benzene rings is 1. The van der Waals surface area contributed by atoms with Crippen molar-refractivity contribution >= 4 is 17.5 Å². The van der Waals surface area contributed by atoms with Gasteiger partial charge in [-0.2, -0.15) is 0 Å². The molecule has 1 aliphatic heterocycles. The van der Waals surface area contributed by atoms with Crippen molar-refractivity contribution in [1.82, 2.24) is 9.80 Å². The maximum atomic E-state index is 12.4. The van der Waals surface area contributed by atoms with Gasteiger partial charge in [0.05, 0.1) is 25.4 Å². The van der Waals surface area contributed by atoms with Crippen LogP contribution >= 0.6 is 0 Å². The van der Waals surface area contributed by atoms with Crippen molar-refractivity contribution in [2.75, 3.05) is 51.3 Å². The molecule has 1 aliphatic rings. The normalized spacial score (nSPS) is 14.9. The quantitative estimate of drug-likeness (QED) is 0.809. The van der Waals surface area contributed by atoms with E-state index in [4.69, 9.17) is 9.47 Å². The number of anilines is 1. The third-order valence-electron chi connectivity index (χ3n) is 4.02. The first kappa shape index (κ1) is 19.1. The third kappa shape index (κ3) is 5.63. The van der Waals surface area contributed by atoms with E-state index in [1.807, 2.05) is 24.8 Å². The summed E-state index contributed by atoms with van der Waals surface area (Å²) in [6.07, 6.45) is 0. The molecule has 0 aliphatic carbocycles. The fourth-order valence-electron chi connectivity index (χ4n) is 2.76. The maximum absolute atomic E-state index is 12.4. The second kappa shape index (κ2) is 9.27. The zero-order valence-corrected chi connectivity index (χ0v) is 15.2. The number of hydrogen-bond acceptors (Lipinski definition) is 5. The molecule has 2 amide bonds. The summed E-state index contributed by atoms with van der Waals surface area (Å²) in [7, 11) is 0. The highest BCUT2D eigenvalue weighted by molar-refractivity contribution is 5.94. The highest BCUT2D eigenvalue weighted by Gasteiger charge is 2.20. The molecule has 1 saturated heterocycles. The largest absolute Gasteiger partial charge is 0.494 e. The number of rotatable bonds is 7. The molecule has 0 spiro atoms. The van der Waals surface area contributed by atoms with Gasteiger partial charge < -0.3 is 19.7 Å². The van der Waals surface area contributed by atoms with Crippen LogP contribution in [0.2, 0.25) is 0 Å². The van der Waals surface area contributed by atoms with Crippen molar-refractivity contribution in [3.8, 4) is 11.5 Å². The van der Waals surface area contributed by atoms with Crippen molar-refractivity contribution in [1.29, 1.82) is 0 Å². The van der Waals surface area contributed by atoms with Crippen LogP contribution in [0.3, 0.4) is 0 Å². The molecule has 138 valence electrons. The predicted octanol–water partition coefficient (Wildman–Crippen LogP) is 1.59. The third-order valence-corrected chi connectivity index (χ3v) is 4.02. The second-order valence-corrected chi connectivity index (χ2v) is 5.85. The van der Waals surface area contributed by atoms with E-state index < -0.39 is 0 Å². The molecule has 0 atom stereocenters. The molecular weight excluding hydrogens is 322 g/mol. The molecule has 1 N–H and O–H groups in total. The monoisotopic (exact) mass is 349 g/mol. The van der Waals surface area contributed by atoms with E-state index >= 15 is 0 Å². The second-order valence-electron chi connectivity index (χ2n) is 5.85. The van der Waals surface area contributed by atoms with Gasteiger partial charge in [0.25, 0.3) is 0 Å². The standard InChI is InChI=1S/C18H27N3O4/c1-4-24-15-6-7-17(25-5-2)16(12-15)19-18(23)13-20-8-10-21(11-9-20)14(3)22/h6-7,12H,4-5,8-11,13H2,1-3H3,(H,19,23). The van der Waals surface area contributed by atoms with E-state index in [-0.39, 0.29) is 18.4 Å². The van der Waals surface area contributed by atoms with Gasteiger partial charge in [-0.1, -0.05) is 0 Å². The summed E-state index contributed by atoms with van der Waals surface area (Å²) in [6.45, 7) is 9.46. The molecule has 1 aromatic carbocycles. The number of carbonyl (C=O) groups excluding carboxylic acids is 2. The first-order valence-electron chi connectivity index (χ1n) is 8.70. The maximum Gasteiger partial charge on any atom is 0.238 e. The van der Waals surface area contributed by atoms with Crippen LogP contribution in [0.25, 0.3) is 0 Å². The summed E-state index contributed by atoms with van der Waals surface area (Å²) in [5.41, 5.74) is 0.611. The van der Waals surface area contributed by atoms with Gasteiger partial charge in [-0.25, -0.2) is 0 Å². The topological polar surface area (TPSA) is 71.1 Å². The fourth-order valence-corrected chi connectivity index (χ4v) is 2.76. The Hall–Kier alpha value is -2.28. The molecule has 0 bridgehead atoms. The van der Waals surface area contributed by atoms with Crippen LogP contribution in [0.1, 0.15) is 20.8 Å². The van der Waals surface area contributed by atoms with Crippen molar-refractivity contribution < 1.29 is 19.1 Å². The van der Waals surface area contributed by atoms with Crippen molar-refractivity contribution in [3.05, 3.63) is 18.2 Å². The average molecular weight is 349 g/mol. The first-order valence-corrected chi connectivity index (χ1v) is 8.70. The van der Waals surface area contributed by atoms with Gasteiger partial charge in [-0.3, -0.25) is 14.5 Å². The molecule has 0 radical (unpaired) electrons. The molecule has 7 heteroatoms. The number of nitrogens with one attached hydrogen (secondary N) is 1. The van der Waals surface area contributed by atoms with E-state index in [0.717, 1.165) is 0 Å². The summed E-state index contributed by atoms with van der Waals surface area (Å²) in [5, 5.41) is 2.91. The number of piperazine rings is 1. The van der Waals surface area contributed by atoms with Crippen LogP contribution < -0.4 is 14.8 Å². The molecule has 7 nitrogen and oxygen atoms in total. The van der Waals surface area contributed by atoms with Crippen molar-refractivity contribution in [3.63, 3.8) is 0 Å². The number of ether oxygens (including phenoxy) is 2. The van der Waals surface area contributed by atoms with E-state index in [1.165, 1.54) is 0 Å². The molecule has 1 heterocycles. The lowest BCUT2D eigenvalue weighted by atomic mass is 10.2. The van der Waals surface area contributed by atoms with Gasteiger partial charge in [0, 0.05) is 39.2 Å². The van der Waals surface area contributed by atoms with Gasteiger partial charge in [-0.15, -0.1) is 0 Å². The van der Waals surface area contributed by atoms with Crippen LogP contribution in [-0.2, 0) is 9.59 Å². The Morgan fingerprint density at radius 3 is 2.36 bits per heavy atom. The van der Waals surface area contributed by atoms with Crippen LogP contribution in [-0.4, -0.2) is 67.6 Å². The lowest BCUT2D eigenvalue weighted by Gasteiger charge is -2.33. The first-order chi connectivity index (χ1) is 12.0. The van der Waals surface area contributed by atoms with Crippen LogP contribution in [0.4, 0.5) is 5.69 Å². The fraction of sp³-hybridized carbons (Fsp3) is 0.556. The van der Waals surface area contributed by atoms with E-state index in [1.54, 1.807) is 24.0 Å². The Morgan fingerprint density at radius 1 is 1.08 bits per heavy atom. The minimum atomic E-state index is -0.106. The zero-order chi connectivity index (χ0) is 18.2.